The predicted molar refractivity (Wildman–Crippen MR) is 81.8 cm³/mol. The summed E-state index contributed by atoms with van der Waals surface area (Å²) in [5, 5.41) is 9.63. The van der Waals surface area contributed by atoms with E-state index in [1.54, 1.807) is 23.4 Å². The number of ether oxygens (including phenoxy) is 1. The maximum absolute atomic E-state index is 12.6. The molecular formula is C14H11BrCl2N2O6. The Morgan fingerprint density at radius 1 is 1.32 bits per heavy atom. The van der Waals surface area contributed by atoms with Crippen LogP contribution in [0.3, 0.4) is 0 Å². The summed E-state index contributed by atoms with van der Waals surface area (Å²) in [6, 6.07) is 4.47. The molecule has 0 saturated heterocycles. The zero-order valence-electron chi connectivity index (χ0n) is 12.4. The molecule has 0 saturated carbocycles. The Hall–Kier alpha value is -1.62. The summed E-state index contributed by atoms with van der Waals surface area (Å²) in [7, 11) is 0. The van der Waals surface area contributed by atoms with E-state index in [1.165, 1.54) is 12.1 Å². The normalized spacial score (nSPS) is 12.8. The van der Waals surface area contributed by atoms with Gasteiger partial charge in [-0.05, 0) is 16.3 Å². The van der Waals surface area contributed by atoms with Crippen molar-refractivity contribution in [2.75, 3.05) is 18.1 Å². The first-order chi connectivity index (χ1) is 11.8. The van der Waals surface area contributed by atoms with Crippen molar-refractivity contribution < 1.29 is 42.0 Å². The maximum Gasteiger partial charge on any atom is 0.433 e. The van der Waals surface area contributed by atoms with Crippen LogP contribution in [0.5, 0.6) is 11.5 Å². The molecule has 0 bridgehead atoms. The second kappa shape index (κ2) is 8.65. The van der Waals surface area contributed by atoms with Gasteiger partial charge in [-0.2, -0.15) is 0 Å². The fourth-order valence-corrected chi connectivity index (χ4v) is 2.61. The summed E-state index contributed by atoms with van der Waals surface area (Å²) in [6.45, 7) is 0.788. The molecule has 1 aliphatic rings. The number of rotatable bonds is 1. The number of benzene rings is 1. The Labute approximate surface area is 157 Å². The van der Waals surface area contributed by atoms with Gasteiger partial charge in [0.15, 0.2) is 5.75 Å². The number of aromatic hydroxyl groups is 1. The number of phenolic OH excluding ortho intramolecular Hbond substituents is 1. The van der Waals surface area contributed by atoms with Gasteiger partial charge in [-0.3, -0.25) is 9.78 Å². The van der Waals surface area contributed by atoms with Crippen molar-refractivity contribution in [3.8, 4) is 11.5 Å². The number of pyridine rings is 1. The van der Waals surface area contributed by atoms with Crippen LogP contribution in [0, 0.1) is 14.8 Å². The van der Waals surface area contributed by atoms with Crippen LogP contribution in [0.15, 0.2) is 30.6 Å². The predicted octanol–water partition coefficient (Wildman–Crippen LogP) is 0.198. The van der Waals surface area contributed by atoms with Gasteiger partial charge in [-0.25, -0.2) is 0 Å². The highest BCUT2D eigenvalue weighted by Gasteiger charge is 2.25. The van der Waals surface area contributed by atoms with Gasteiger partial charge in [0.1, 0.15) is 18.0 Å². The lowest BCUT2D eigenvalue weighted by atomic mass is 10.1. The summed E-state index contributed by atoms with van der Waals surface area (Å²) in [5.74, 6) is 0.0795. The number of carbonyl (C=O) groups is 1. The molecule has 1 aromatic carbocycles. The lowest BCUT2D eigenvalue weighted by molar-refractivity contribution is -1.63. The average molecular weight is 454 g/mol. The van der Waals surface area contributed by atoms with Gasteiger partial charge in [-0.1, -0.05) is 23.2 Å². The lowest BCUT2D eigenvalue weighted by Gasteiger charge is -2.29. The topological polar surface area (TPSA) is 129 Å². The van der Waals surface area contributed by atoms with Crippen molar-refractivity contribution in [3.63, 3.8) is 0 Å². The maximum atomic E-state index is 12.6. The third kappa shape index (κ3) is 4.94. The molecule has 0 atom stereocenters. The van der Waals surface area contributed by atoms with Crippen LogP contribution in [0.2, 0.25) is 10.0 Å². The van der Waals surface area contributed by atoms with Gasteiger partial charge in [0.2, 0.25) is 0 Å². The molecule has 8 nitrogen and oxygen atoms in total. The molecule has 0 unspecified atom stereocenters. The summed E-state index contributed by atoms with van der Waals surface area (Å²) in [5.41, 5.74) is 0.883. The SMILES string of the molecule is O=C(c1cc(Cl)c(O)c(Cl)c1)N1CCOc2ccncc21.[O-][Br+2]([O-])O. The number of carbonyl (C=O) groups excluding carboxylic acids is 1. The van der Waals surface area contributed by atoms with Crippen molar-refractivity contribution in [2.24, 2.45) is 0 Å². The molecular weight excluding hydrogens is 443 g/mol. The molecule has 25 heavy (non-hydrogen) atoms. The largest absolute Gasteiger partial charge is 0.505 e. The molecule has 0 fully saturated rings. The smallest absolute Gasteiger partial charge is 0.433 e. The van der Waals surface area contributed by atoms with Crippen LogP contribution in [0.1, 0.15) is 10.4 Å². The van der Waals surface area contributed by atoms with Crippen molar-refractivity contribution >= 4 is 34.8 Å². The van der Waals surface area contributed by atoms with Crippen molar-refractivity contribution in [1.29, 1.82) is 0 Å². The van der Waals surface area contributed by atoms with E-state index in [2.05, 4.69) is 4.98 Å². The molecule has 134 valence electrons. The third-order valence-corrected chi connectivity index (χ3v) is 3.71. The minimum absolute atomic E-state index is 0.0329. The van der Waals surface area contributed by atoms with Gasteiger partial charge >= 0.3 is 14.8 Å². The standard InChI is InChI=1S/C14H10Cl2N2O3.BrHO3/c15-9-5-8(6-10(16)13(9)19)14(20)18-3-4-21-12-1-2-17-7-11(12)18;2-1(3)4/h1-2,5-7,19H,3-4H2;2H. The number of hydrogen-bond acceptors (Lipinski definition) is 7. The number of nitrogens with zero attached hydrogens (tertiary/aromatic N) is 2. The monoisotopic (exact) mass is 452 g/mol. The van der Waals surface area contributed by atoms with Crippen LogP contribution >= 0.6 is 23.2 Å². The number of anilines is 1. The Balaban J connectivity index is 0.000000511. The Bertz CT molecular complexity index is 751. The van der Waals surface area contributed by atoms with E-state index in [9.17, 15) is 9.90 Å². The van der Waals surface area contributed by atoms with E-state index >= 15 is 0 Å². The first-order valence-electron chi connectivity index (χ1n) is 6.62. The first kappa shape index (κ1) is 19.7. The van der Waals surface area contributed by atoms with Gasteiger partial charge in [0, 0.05) is 17.8 Å². The molecule has 2 heterocycles. The summed E-state index contributed by atoms with van der Waals surface area (Å²) < 4.78 is 29.8. The van der Waals surface area contributed by atoms with Gasteiger partial charge in [0.05, 0.1) is 22.8 Å². The lowest BCUT2D eigenvalue weighted by Crippen LogP contribution is -2.38. The quantitative estimate of drug-likeness (QED) is 0.630. The zero-order chi connectivity index (χ0) is 18.6. The summed E-state index contributed by atoms with van der Waals surface area (Å²) >= 11 is 8.32. The number of phenols is 1. The van der Waals surface area contributed by atoms with Crippen LogP contribution in [-0.4, -0.2) is 33.3 Å². The molecule has 0 spiro atoms. The van der Waals surface area contributed by atoms with Crippen LogP contribution in [0.4, 0.5) is 5.69 Å². The highest BCUT2D eigenvalue weighted by Crippen LogP contribution is 2.35. The average Bonchev–Trinajstić information content (AvgIpc) is 2.57. The van der Waals surface area contributed by atoms with E-state index in [0.717, 1.165) is 0 Å². The fourth-order valence-electron chi connectivity index (χ4n) is 2.12. The molecule has 0 aliphatic carbocycles. The molecule has 2 N–H and O–H groups in total. The minimum Gasteiger partial charge on any atom is -0.505 e. The first-order valence-corrected chi connectivity index (χ1v) is 9.38. The van der Waals surface area contributed by atoms with E-state index in [1.807, 2.05) is 0 Å². The van der Waals surface area contributed by atoms with Crippen LogP contribution < -0.4 is 18.0 Å². The van der Waals surface area contributed by atoms with Crippen molar-refractivity contribution in [1.82, 2.24) is 4.98 Å². The second-order valence-electron chi connectivity index (χ2n) is 4.64. The zero-order valence-corrected chi connectivity index (χ0v) is 15.5. The molecule has 11 heteroatoms. The number of halogens is 3. The van der Waals surface area contributed by atoms with E-state index in [0.29, 0.717) is 30.2 Å². The van der Waals surface area contributed by atoms with Crippen molar-refractivity contribution in [3.05, 3.63) is 46.2 Å². The number of amides is 1. The van der Waals surface area contributed by atoms with E-state index in [4.69, 9.17) is 40.5 Å². The van der Waals surface area contributed by atoms with Crippen molar-refractivity contribution in [2.45, 2.75) is 0 Å². The number of aromatic nitrogens is 1. The van der Waals surface area contributed by atoms with Gasteiger partial charge in [-0.15, -0.1) is 0 Å². The molecule has 0 radical (unpaired) electrons. The Kier molecular flexibility index (Phi) is 6.82. The molecule has 1 aliphatic heterocycles. The highest BCUT2D eigenvalue weighted by molar-refractivity contribution is 6.37. The van der Waals surface area contributed by atoms with Gasteiger partial charge < -0.3 is 23.1 Å². The summed E-state index contributed by atoms with van der Waals surface area (Å²) in [6.07, 6.45) is 3.16. The second-order valence-corrected chi connectivity index (χ2v) is 6.30. The Morgan fingerprint density at radius 3 is 2.52 bits per heavy atom. The highest BCUT2D eigenvalue weighted by atomic mass is 80.0. The summed E-state index contributed by atoms with van der Waals surface area (Å²) in [4.78, 5) is 18.2. The van der Waals surface area contributed by atoms with Crippen LogP contribution in [-0.2, 0) is 0 Å². The number of hydrogen-bond donors (Lipinski definition) is 2. The van der Waals surface area contributed by atoms with E-state index in [-0.39, 0.29) is 21.7 Å². The third-order valence-electron chi connectivity index (χ3n) is 3.13. The fraction of sp³-hybridized carbons (Fsp3) is 0.143. The molecule has 3 rings (SSSR count). The molecule has 2 aromatic rings. The Morgan fingerprint density at radius 2 is 1.92 bits per heavy atom. The van der Waals surface area contributed by atoms with Gasteiger partial charge in [0.25, 0.3) is 5.91 Å². The van der Waals surface area contributed by atoms with Crippen LogP contribution in [0.25, 0.3) is 0 Å². The number of fused-ring (bicyclic) bond motifs is 1. The minimum atomic E-state index is -3.40. The molecule has 1 aromatic heterocycles. The molecule has 1 amide bonds. The van der Waals surface area contributed by atoms with E-state index < -0.39 is 14.8 Å².